The van der Waals surface area contributed by atoms with Gasteiger partial charge in [0.05, 0.1) is 5.69 Å². The van der Waals surface area contributed by atoms with Crippen LogP contribution in [0.15, 0.2) is 36.5 Å². The molecule has 3 unspecified atom stereocenters. The van der Waals surface area contributed by atoms with Crippen LogP contribution in [-0.4, -0.2) is 33.0 Å². The molecule has 3 atom stereocenters. The molecule has 5 heteroatoms. The number of aliphatic carboxylic acids is 1. The maximum absolute atomic E-state index is 11.9. The molecule has 1 saturated heterocycles. The highest BCUT2D eigenvalue weighted by Crippen LogP contribution is 2.41. The first-order valence-corrected chi connectivity index (χ1v) is 10.6. The number of aromatic nitrogens is 1. The summed E-state index contributed by atoms with van der Waals surface area (Å²) in [5, 5.41) is 9.77. The van der Waals surface area contributed by atoms with Crippen LogP contribution >= 0.6 is 0 Å². The third-order valence-electron chi connectivity index (χ3n) is 6.48. The molecule has 154 valence electrons. The molecule has 5 nitrogen and oxygen atoms in total. The van der Waals surface area contributed by atoms with Gasteiger partial charge in [-0.3, -0.25) is 14.7 Å². The number of rotatable bonds is 6. The van der Waals surface area contributed by atoms with Gasteiger partial charge in [0.1, 0.15) is 18.4 Å². The summed E-state index contributed by atoms with van der Waals surface area (Å²) in [7, 11) is 0. The third kappa shape index (κ3) is 4.30. The summed E-state index contributed by atoms with van der Waals surface area (Å²) in [4.78, 5) is 18.4. The molecule has 1 aliphatic heterocycles. The molecule has 2 aromatic rings. The lowest BCUT2D eigenvalue weighted by Crippen LogP contribution is -2.41. The highest BCUT2D eigenvalue weighted by atomic mass is 16.5. The molecule has 2 heterocycles. The molecule has 1 N–H and O–H groups in total. The van der Waals surface area contributed by atoms with Crippen molar-refractivity contribution in [2.45, 2.75) is 71.2 Å². The molecular formula is C24H30N2O3. The van der Waals surface area contributed by atoms with Gasteiger partial charge >= 0.3 is 5.97 Å². The normalized spacial score (nSPS) is 24.3. The Kier molecular flexibility index (Phi) is 5.86. The summed E-state index contributed by atoms with van der Waals surface area (Å²) in [6.45, 7) is 5.26. The lowest BCUT2D eigenvalue weighted by molar-refractivity contribution is -0.142. The molecule has 2 aliphatic rings. The monoisotopic (exact) mass is 394 g/mol. The van der Waals surface area contributed by atoms with Crippen LogP contribution < -0.4 is 4.74 Å². The van der Waals surface area contributed by atoms with E-state index in [-0.39, 0.29) is 6.04 Å². The zero-order valence-electron chi connectivity index (χ0n) is 17.3. The Labute approximate surface area is 172 Å². The van der Waals surface area contributed by atoms with Crippen molar-refractivity contribution in [2.75, 3.05) is 0 Å². The fourth-order valence-electron chi connectivity index (χ4n) is 5.22. The summed E-state index contributed by atoms with van der Waals surface area (Å²) in [6.07, 6.45) is 7.31. The number of fused-ring (bicyclic) bond motifs is 1. The fourth-order valence-corrected chi connectivity index (χ4v) is 5.22. The van der Waals surface area contributed by atoms with Crippen molar-refractivity contribution < 1.29 is 14.6 Å². The number of hydrogen-bond donors (Lipinski definition) is 1. The quantitative estimate of drug-likeness (QED) is 0.782. The van der Waals surface area contributed by atoms with Gasteiger partial charge < -0.3 is 9.84 Å². The number of hydrogen-bond acceptors (Lipinski definition) is 4. The molecule has 1 aromatic carbocycles. The number of carboxylic acid groups (broad SMARTS) is 1. The van der Waals surface area contributed by atoms with Gasteiger partial charge in [-0.15, -0.1) is 0 Å². The third-order valence-corrected chi connectivity index (χ3v) is 6.48. The number of carboxylic acids is 1. The lowest BCUT2D eigenvalue weighted by atomic mass is 9.84. The average molecular weight is 395 g/mol. The predicted molar refractivity (Wildman–Crippen MR) is 112 cm³/mol. The zero-order chi connectivity index (χ0) is 20.4. The zero-order valence-corrected chi connectivity index (χ0v) is 17.3. The Hall–Kier alpha value is -2.40. The van der Waals surface area contributed by atoms with Crippen molar-refractivity contribution in [3.63, 3.8) is 0 Å². The van der Waals surface area contributed by atoms with E-state index in [1.807, 2.05) is 18.2 Å². The number of carbonyl (C=O) groups is 1. The highest BCUT2D eigenvalue weighted by Gasteiger charge is 2.45. The van der Waals surface area contributed by atoms with E-state index in [0.29, 0.717) is 25.1 Å². The number of likely N-dealkylation sites (tertiary alicyclic amines) is 1. The fraction of sp³-hybridized carbons (Fsp3) is 0.500. The first kappa shape index (κ1) is 19.9. The molecule has 1 aromatic heterocycles. The molecule has 0 radical (unpaired) electrons. The Morgan fingerprint density at radius 3 is 2.66 bits per heavy atom. The van der Waals surface area contributed by atoms with Crippen molar-refractivity contribution in [1.82, 2.24) is 9.88 Å². The number of aryl methyl sites for hydroxylation is 2. The van der Waals surface area contributed by atoms with Gasteiger partial charge in [-0.05, 0) is 67.9 Å². The van der Waals surface area contributed by atoms with E-state index < -0.39 is 5.97 Å². The molecule has 0 bridgehead atoms. The van der Waals surface area contributed by atoms with Gasteiger partial charge in [0.25, 0.3) is 0 Å². The van der Waals surface area contributed by atoms with Crippen LogP contribution in [0.3, 0.4) is 0 Å². The minimum atomic E-state index is -0.678. The van der Waals surface area contributed by atoms with Crippen LogP contribution in [0.2, 0.25) is 0 Å². The topological polar surface area (TPSA) is 62.7 Å². The number of benzene rings is 1. The molecule has 1 saturated carbocycles. The van der Waals surface area contributed by atoms with E-state index in [9.17, 15) is 9.90 Å². The Morgan fingerprint density at radius 1 is 1.21 bits per heavy atom. The summed E-state index contributed by atoms with van der Waals surface area (Å²) >= 11 is 0. The van der Waals surface area contributed by atoms with Gasteiger partial charge in [-0.25, -0.2) is 0 Å². The Bertz CT molecular complexity index is 845. The molecule has 2 fully saturated rings. The maximum Gasteiger partial charge on any atom is 0.320 e. The standard InChI is InChI=1S/C24H30N2O3/c1-16-11-18(12-17(2)23(16)29-15-20-8-5-6-10-25-20)14-26-21-9-4-3-7-19(21)13-22(26)24(27)28/h5-6,8,10-12,19,21-22H,3-4,7,9,13-15H2,1-2H3,(H,27,28). The smallest absolute Gasteiger partial charge is 0.320 e. The molecule has 0 amide bonds. The van der Waals surface area contributed by atoms with Gasteiger partial charge in [-0.2, -0.15) is 0 Å². The summed E-state index contributed by atoms with van der Waals surface area (Å²) in [5.74, 6) is 0.752. The van der Waals surface area contributed by atoms with E-state index in [1.54, 1.807) is 6.20 Å². The second-order valence-corrected chi connectivity index (χ2v) is 8.54. The maximum atomic E-state index is 11.9. The van der Waals surface area contributed by atoms with E-state index in [0.717, 1.165) is 35.4 Å². The summed E-state index contributed by atoms with van der Waals surface area (Å²) in [5.41, 5.74) is 4.24. The molecular weight excluding hydrogens is 364 g/mol. The van der Waals surface area contributed by atoms with Crippen LogP contribution in [0, 0.1) is 19.8 Å². The number of nitrogens with zero attached hydrogens (tertiary/aromatic N) is 2. The van der Waals surface area contributed by atoms with Crippen LogP contribution in [0.1, 0.15) is 54.5 Å². The average Bonchev–Trinajstić information content (AvgIpc) is 3.07. The largest absolute Gasteiger partial charge is 0.487 e. The van der Waals surface area contributed by atoms with Gasteiger partial charge in [0.2, 0.25) is 0 Å². The lowest BCUT2D eigenvalue weighted by Gasteiger charge is -2.33. The van der Waals surface area contributed by atoms with E-state index in [1.165, 1.54) is 24.8 Å². The van der Waals surface area contributed by atoms with E-state index in [2.05, 4.69) is 35.9 Å². The first-order chi connectivity index (χ1) is 14.0. The Morgan fingerprint density at radius 2 is 1.97 bits per heavy atom. The second-order valence-electron chi connectivity index (χ2n) is 8.54. The minimum Gasteiger partial charge on any atom is -0.487 e. The van der Waals surface area contributed by atoms with E-state index in [4.69, 9.17) is 4.74 Å². The molecule has 0 spiro atoms. The Balaban J connectivity index is 1.50. The van der Waals surface area contributed by atoms with Crippen LogP contribution in [0.5, 0.6) is 5.75 Å². The van der Waals surface area contributed by atoms with Gasteiger partial charge in [-0.1, -0.05) is 31.0 Å². The molecule has 4 rings (SSSR count). The number of ether oxygens (including phenoxy) is 1. The van der Waals surface area contributed by atoms with Crippen LogP contribution in [0.4, 0.5) is 0 Å². The minimum absolute atomic E-state index is 0.358. The predicted octanol–water partition coefficient (Wildman–Crippen LogP) is 4.50. The molecule has 1 aliphatic carbocycles. The van der Waals surface area contributed by atoms with Crippen LogP contribution in [0.25, 0.3) is 0 Å². The van der Waals surface area contributed by atoms with Gasteiger partial charge in [0, 0.05) is 18.8 Å². The van der Waals surface area contributed by atoms with Crippen LogP contribution in [-0.2, 0) is 17.9 Å². The van der Waals surface area contributed by atoms with Crippen molar-refractivity contribution in [3.05, 3.63) is 58.9 Å². The number of pyridine rings is 1. The van der Waals surface area contributed by atoms with Crippen molar-refractivity contribution >= 4 is 5.97 Å². The van der Waals surface area contributed by atoms with Crippen molar-refractivity contribution in [2.24, 2.45) is 5.92 Å². The highest BCUT2D eigenvalue weighted by molar-refractivity contribution is 5.74. The first-order valence-electron chi connectivity index (χ1n) is 10.6. The van der Waals surface area contributed by atoms with E-state index >= 15 is 0 Å². The second kappa shape index (κ2) is 8.54. The molecule has 29 heavy (non-hydrogen) atoms. The van der Waals surface area contributed by atoms with Crippen molar-refractivity contribution in [1.29, 1.82) is 0 Å². The SMILES string of the molecule is Cc1cc(CN2C(C(=O)O)CC3CCCCC32)cc(C)c1OCc1ccccn1. The summed E-state index contributed by atoms with van der Waals surface area (Å²) in [6, 6.07) is 10.2. The summed E-state index contributed by atoms with van der Waals surface area (Å²) < 4.78 is 6.05. The van der Waals surface area contributed by atoms with Crippen molar-refractivity contribution in [3.8, 4) is 5.75 Å². The van der Waals surface area contributed by atoms with Gasteiger partial charge in [0.15, 0.2) is 0 Å².